The number of pyridine rings is 1. The van der Waals surface area contributed by atoms with E-state index in [1.54, 1.807) is 27.7 Å². The molecule has 1 heterocycles. The summed E-state index contributed by atoms with van der Waals surface area (Å²) in [4.78, 5) is 3.96. The van der Waals surface area contributed by atoms with E-state index in [1.807, 2.05) is 0 Å². The molecule has 0 saturated heterocycles. The van der Waals surface area contributed by atoms with Crippen LogP contribution in [0.1, 0.15) is 32.0 Å². The summed E-state index contributed by atoms with van der Waals surface area (Å²) in [6.07, 6.45) is -1.86. The monoisotopic (exact) mass is 322 g/mol. The van der Waals surface area contributed by atoms with E-state index >= 15 is 0 Å². The van der Waals surface area contributed by atoms with E-state index in [4.69, 9.17) is 0 Å². The smallest absolute Gasteiger partial charge is 0.422 e. The molecule has 4 nitrogen and oxygen atoms in total. The van der Waals surface area contributed by atoms with Crippen molar-refractivity contribution in [3.8, 4) is 5.75 Å². The van der Waals surface area contributed by atoms with Gasteiger partial charge in [0.15, 0.2) is 6.61 Å². The molecular weight excluding hydrogens is 305 g/mol. The van der Waals surface area contributed by atoms with Crippen LogP contribution < -0.4 is 4.74 Å². The van der Waals surface area contributed by atoms with Crippen LogP contribution >= 0.6 is 0 Å². The Morgan fingerprint density at radius 3 is 2.48 bits per heavy atom. The van der Waals surface area contributed by atoms with E-state index in [9.17, 15) is 17.4 Å². The number of nitrogens with zero attached hydrogens (tertiary/aromatic N) is 2. The third kappa shape index (κ3) is 6.24. The molecule has 1 atom stereocenters. The Balaban J connectivity index is 2.80. The molecule has 0 amide bonds. The minimum Gasteiger partial charge on any atom is -0.482 e. The molecule has 0 spiro atoms. The normalized spacial score (nSPS) is 14.4. The molecule has 0 unspecified atom stereocenters. The maximum absolute atomic E-state index is 12.0. The maximum Gasteiger partial charge on any atom is 0.422 e. The van der Waals surface area contributed by atoms with Crippen LogP contribution in [0.3, 0.4) is 0 Å². The van der Waals surface area contributed by atoms with Gasteiger partial charge in [-0.05, 0) is 39.3 Å². The topological polar surface area (TPSA) is 51.6 Å². The van der Waals surface area contributed by atoms with Crippen LogP contribution in [0.15, 0.2) is 16.7 Å². The number of aryl methyl sites for hydroxylation is 1. The van der Waals surface area contributed by atoms with Crippen molar-refractivity contribution in [2.45, 2.75) is 38.6 Å². The third-order valence-electron chi connectivity index (χ3n) is 2.29. The van der Waals surface area contributed by atoms with Crippen molar-refractivity contribution in [3.05, 3.63) is 23.5 Å². The second kappa shape index (κ2) is 6.55. The summed E-state index contributed by atoms with van der Waals surface area (Å²) < 4.78 is 55.9. The van der Waals surface area contributed by atoms with Crippen LogP contribution in [0.2, 0.25) is 0 Å². The first kappa shape index (κ1) is 17.6. The molecule has 0 radical (unpaired) electrons. The number of rotatable bonds is 4. The van der Waals surface area contributed by atoms with E-state index in [0.717, 1.165) is 0 Å². The molecule has 0 aliphatic heterocycles. The number of halogens is 3. The van der Waals surface area contributed by atoms with Crippen LogP contribution in [0.25, 0.3) is 0 Å². The number of hydrogen-bond donors (Lipinski definition) is 0. The fourth-order valence-corrected chi connectivity index (χ4v) is 1.71. The SMILES string of the molecule is Cc1cc(OCC(F)(F)F)cnc1C=N[S@](=O)C(C)(C)C. The van der Waals surface area contributed by atoms with Gasteiger partial charge in [-0.1, -0.05) is 0 Å². The van der Waals surface area contributed by atoms with Crippen molar-refractivity contribution >= 4 is 17.2 Å². The van der Waals surface area contributed by atoms with Crippen molar-refractivity contribution in [2.75, 3.05) is 6.61 Å². The van der Waals surface area contributed by atoms with Crippen LogP contribution in [0.5, 0.6) is 5.75 Å². The minimum atomic E-state index is -4.39. The predicted octanol–water partition coefficient (Wildman–Crippen LogP) is 3.21. The van der Waals surface area contributed by atoms with E-state index in [0.29, 0.717) is 11.3 Å². The molecule has 0 aliphatic rings. The van der Waals surface area contributed by atoms with Gasteiger partial charge in [0.05, 0.1) is 22.9 Å². The molecule has 0 fully saturated rings. The lowest BCUT2D eigenvalue weighted by molar-refractivity contribution is -0.153. The van der Waals surface area contributed by atoms with Gasteiger partial charge in [0.25, 0.3) is 0 Å². The highest BCUT2D eigenvalue weighted by atomic mass is 32.2. The molecule has 1 rings (SSSR count). The number of hydrogen-bond acceptors (Lipinski definition) is 3. The standard InChI is InChI=1S/C13H17F3N2O2S/c1-9-5-10(20-8-13(14,15)16)6-17-11(9)7-18-21(19)12(2,3)4/h5-7H,8H2,1-4H3/t21-/m1/s1. The van der Waals surface area contributed by atoms with Gasteiger partial charge in [-0.25, -0.2) is 4.21 Å². The maximum atomic E-state index is 12.0. The Bertz CT molecular complexity index is 551. The molecule has 118 valence electrons. The van der Waals surface area contributed by atoms with Gasteiger partial charge in [-0.3, -0.25) is 4.98 Å². The number of aromatic nitrogens is 1. The Hall–Kier alpha value is -1.44. The van der Waals surface area contributed by atoms with Crippen LogP contribution in [0, 0.1) is 6.92 Å². The zero-order valence-corrected chi connectivity index (χ0v) is 13.0. The minimum absolute atomic E-state index is 0.0268. The van der Waals surface area contributed by atoms with Crippen LogP contribution in [-0.4, -0.2) is 32.9 Å². The molecule has 1 aromatic heterocycles. The molecule has 8 heteroatoms. The summed E-state index contributed by atoms with van der Waals surface area (Å²) in [5.41, 5.74) is 1.02. The van der Waals surface area contributed by atoms with Crippen molar-refractivity contribution in [3.63, 3.8) is 0 Å². The fraction of sp³-hybridized carbons (Fsp3) is 0.538. The number of ether oxygens (including phenoxy) is 1. The molecule has 0 aliphatic carbocycles. The largest absolute Gasteiger partial charge is 0.482 e. The Labute approximate surface area is 124 Å². The molecule has 0 aromatic carbocycles. The zero-order valence-electron chi connectivity index (χ0n) is 12.2. The van der Waals surface area contributed by atoms with E-state index in [1.165, 1.54) is 18.5 Å². The molecule has 0 saturated carbocycles. The highest BCUT2D eigenvalue weighted by molar-refractivity contribution is 7.85. The van der Waals surface area contributed by atoms with Gasteiger partial charge >= 0.3 is 6.18 Å². The van der Waals surface area contributed by atoms with Crippen LogP contribution in [0.4, 0.5) is 13.2 Å². The highest BCUT2D eigenvalue weighted by Crippen LogP contribution is 2.19. The quantitative estimate of drug-likeness (QED) is 0.800. The predicted molar refractivity (Wildman–Crippen MR) is 76.0 cm³/mol. The second-order valence-corrected chi connectivity index (χ2v) is 7.31. The lowest BCUT2D eigenvalue weighted by Gasteiger charge is -2.13. The average Bonchev–Trinajstić information content (AvgIpc) is 2.32. The summed E-state index contributed by atoms with van der Waals surface area (Å²) in [7, 11) is -1.42. The molecule has 0 N–H and O–H groups in total. The van der Waals surface area contributed by atoms with Gasteiger partial charge < -0.3 is 4.74 Å². The number of alkyl halides is 3. The lowest BCUT2D eigenvalue weighted by Crippen LogP contribution is -2.20. The van der Waals surface area contributed by atoms with Gasteiger partial charge in [0.1, 0.15) is 16.7 Å². The zero-order chi connectivity index (χ0) is 16.3. The first-order valence-corrected chi connectivity index (χ1v) is 7.22. The van der Waals surface area contributed by atoms with Crippen molar-refractivity contribution in [2.24, 2.45) is 4.40 Å². The second-order valence-electron chi connectivity index (χ2n) is 5.37. The van der Waals surface area contributed by atoms with E-state index < -0.39 is 28.5 Å². The highest BCUT2D eigenvalue weighted by Gasteiger charge is 2.28. The van der Waals surface area contributed by atoms with Crippen molar-refractivity contribution in [1.29, 1.82) is 0 Å². The van der Waals surface area contributed by atoms with E-state index in [2.05, 4.69) is 14.1 Å². The first-order chi connectivity index (χ1) is 9.49. The van der Waals surface area contributed by atoms with Gasteiger partial charge in [0, 0.05) is 0 Å². The summed E-state index contributed by atoms with van der Waals surface area (Å²) >= 11 is 0. The average molecular weight is 322 g/mol. The lowest BCUT2D eigenvalue weighted by atomic mass is 10.2. The molecular formula is C13H17F3N2O2S. The first-order valence-electron chi connectivity index (χ1n) is 6.11. The van der Waals surface area contributed by atoms with E-state index in [-0.39, 0.29) is 5.75 Å². The van der Waals surface area contributed by atoms with Crippen LogP contribution in [-0.2, 0) is 11.0 Å². The third-order valence-corrected chi connectivity index (χ3v) is 3.64. The van der Waals surface area contributed by atoms with Gasteiger partial charge in [-0.15, -0.1) is 0 Å². The summed E-state index contributed by atoms with van der Waals surface area (Å²) in [5, 5.41) is 0. The van der Waals surface area contributed by atoms with Gasteiger partial charge in [-0.2, -0.15) is 17.6 Å². The summed E-state index contributed by atoms with van der Waals surface area (Å²) in [6, 6.07) is 1.43. The Kier molecular flexibility index (Phi) is 5.49. The summed E-state index contributed by atoms with van der Waals surface area (Å²) in [6.45, 7) is 5.66. The van der Waals surface area contributed by atoms with Crippen molar-refractivity contribution < 1.29 is 22.1 Å². The molecule has 1 aromatic rings. The van der Waals surface area contributed by atoms with Crippen molar-refractivity contribution in [1.82, 2.24) is 4.98 Å². The van der Waals surface area contributed by atoms with Gasteiger partial charge in [0.2, 0.25) is 0 Å². The Morgan fingerprint density at radius 1 is 1.38 bits per heavy atom. The fourth-order valence-electron chi connectivity index (χ4n) is 1.19. The Morgan fingerprint density at radius 2 is 2.00 bits per heavy atom. The molecule has 21 heavy (non-hydrogen) atoms. The molecule has 0 bridgehead atoms. The summed E-state index contributed by atoms with van der Waals surface area (Å²) in [5.74, 6) is 0.0268.